The summed E-state index contributed by atoms with van der Waals surface area (Å²) in [7, 11) is 0. The molecule has 0 fully saturated rings. The van der Waals surface area contributed by atoms with Gasteiger partial charge < -0.3 is 14.7 Å². The van der Waals surface area contributed by atoms with Gasteiger partial charge >= 0.3 is 5.97 Å². The number of carbonyl (C=O) groups excluding carboxylic acids is 1. The molecule has 0 radical (unpaired) electrons. The summed E-state index contributed by atoms with van der Waals surface area (Å²) < 4.78 is 5.37. The van der Waals surface area contributed by atoms with E-state index in [0.717, 1.165) is 5.56 Å². The van der Waals surface area contributed by atoms with Crippen LogP contribution in [0, 0.1) is 0 Å². The number of hydrogen-bond acceptors (Lipinski definition) is 3. The third-order valence-electron chi connectivity index (χ3n) is 3.62. The highest BCUT2D eigenvalue weighted by atomic mass is 16.5. The number of anilines is 1. The molecule has 1 aliphatic rings. The van der Waals surface area contributed by atoms with Gasteiger partial charge in [0.1, 0.15) is 5.75 Å². The van der Waals surface area contributed by atoms with Crippen molar-refractivity contribution in [3.8, 4) is 5.75 Å². The number of hydrogen-bond donors (Lipinski definition) is 1. The minimum Gasteiger partial charge on any atom is -0.482 e. The molecule has 2 aromatic carbocycles. The average molecular weight is 297 g/mol. The summed E-state index contributed by atoms with van der Waals surface area (Å²) in [6.07, 6.45) is 0.698. The minimum atomic E-state index is -1.02. The van der Waals surface area contributed by atoms with Crippen LogP contribution in [-0.2, 0) is 11.2 Å². The van der Waals surface area contributed by atoms with E-state index in [9.17, 15) is 9.59 Å². The van der Waals surface area contributed by atoms with E-state index in [1.165, 1.54) is 12.1 Å². The van der Waals surface area contributed by atoms with Crippen LogP contribution in [-0.4, -0.2) is 30.1 Å². The van der Waals surface area contributed by atoms with E-state index in [4.69, 9.17) is 9.84 Å². The van der Waals surface area contributed by atoms with Crippen LogP contribution in [0.5, 0.6) is 5.75 Å². The lowest BCUT2D eigenvalue weighted by molar-refractivity contribution is -0.121. The number of carbonyl (C=O) groups is 2. The third kappa shape index (κ3) is 2.79. The Bertz CT molecular complexity index is 712. The maximum Gasteiger partial charge on any atom is 0.335 e. The number of fused-ring (bicyclic) bond motifs is 1. The Hall–Kier alpha value is -2.82. The molecule has 1 heterocycles. The van der Waals surface area contributed by atoms with Crippen LogP contribution in [0.1, 0.15) is 15.9 Å². The molecule has 0 aromatic heterocycles. The number of rotatable bonds is 4. The van der Waals surface area contributed by atoms with E-state index < -0.39 is 5.97 Å². The monoisotopic (exact) mass is 297 g/mol. The van der Waals surface area contributed by atoms with Crippen molar-refractivity contribution in [3.63, 3.8) is 0 Å². The number of carboxylic acids is 1. The van der Waals surface area contributed by atoms with Gasteiger partial charge in [0.2, 0.25) is 0 Å². The van der Waals surface area contributed by atoms with Crippen LogP contribution < -0.4 is 9.64 Å². The molecule has 1 aliphatic heterocycles. The molecule has 0 saturated carbocycles. The fraction of sp³-hybridized carbons (Fsp3) is 0.176. The van der Waals surface area contributed by atoms with Crippen molar-refractivity contribution in [3.05, 3.63) is 59.7 Å². The Morgan fingerprint density at radius 3 is 2.68 bits per heavy atom. The van der Waals surface area contributed by atoms with E-state index >= 15 is 0 Å². The van der Waals surface area contributed by atoms with Crippen molar-refractivity contribution in [2.45, 2.75) is 6.42 Å². The summed E-state index contributed by atoms with van der Waals surface area (Å²) in [5.41, 5.74) is 1.78. The predicted octanol–water partition coefficient (Wildman–Crippen LogP) is 2.35. The highest BCUT2D eigenvalue weighted by molar-refractivity contribution is 5.99. The van der Waals surface area contributed by atoms with Gasteiger partial charge in [0.25, 0.3) is 5.91 Å². The smallest absolute Gasteiger partial charge is 0.335 e. The van der Waals surface area contributed by atoms with Crippen LogP contribution >= 0.6 is 0 Å². The fourth-order valence-corrected chi connectivity index (χ4v) is 2.47. The second-order valence-corrected chi connectivity index (χ2v) is 5.06. The van der Waals surface area contributed by atoms with E-state index in [1.54, 1.807) is 11.0 Å². The van der Waals surface area contributed by atoms with Gasteiger partial charge in [0.05, 0.1) is 11.3 Å². The molecule has 0 aliphatic carbocycles. The number of aromatic carboxylic acids is 1. The Labute approximate surface area is 127 Å². The number of benzene rings is 2. The molecule has 3 rings (SSSR count). The van der Waals surface area contributed by atoms with Crippen molar-refractivity contribution < 1.29 is 19.4 Å². The van der Waals surface area contributed by atoms with E-state index in [-0.39, 0.29) is 18.1 Å². The minimum absolute atomic E-state index is 0.0196. The second-order valence-electron chi connectivity index (χ2n) is 5.06. The lowest BCUT2D eigenvalue weighted by Gasteiger charge is -2.29. The van der Waals surface area contributed by atoms with E-state index in [0.29, 0.717) is 24.4 Å². The molecule has 0 spiro atoms. The van der Waals surface area contributed by atoms with Gasteiger partial charge in [0.15, 0.2) is 6.61 Å². The number of carboxylic acid groups (broad SMARTS) is 1. The molecule has 0 unspecified atom stereocenters. The first-order valence-electron chi connectivity index (χ1n) is 6.99. The average Bonchev–Trinajstić information content (AvgIpc) is 2.54. The summed E-state index contributed by atoms with van der Waals surface area (Å²) in [6.45, 7) is 0.469. The van der Waals surface area contributed by atoms with Crippen molar-refractivity contribution >= 4 is 17.6 Å². The molecule has 112 valence electrons. The Morgan fingerprint density at radius 2 is 1.95 bits per heavy atom. The molecule has 22 heavy (non-hydrogen) atoms. The van der Waals surface area contributed by atoms with Crippen molar-refractivity contribution in [2.24, 2.45) is 0 Å². The maximum absolute atomic E-state index is 12.1. The van der Waals surface area contributed by atoms with Crippen molar-refractivity contribution in [1.29, 1.82) is 0 Å². The summed E-state index contributed by atoms with van der Waals surface area (Å²) in [6, 6.07) is 14.4. The second kappa shape index (κ2) is 5.89. The molecular formula is C17H15NO4. The molecule has 5 nitrogen and oxygen atoms in total. The normalized spacial score (nSPS) is 13.5. The third-order valence-corrected chi connectivity index (χ3v) is 3.62. The van der Waals surface area contributed by atoms with Gasteiger partial charge in [-0.3, -0.25) is 4.79 Å². The zero-order valence-electron chi connectivity index (χ0n) is 11.9. The lowest BCUT2D eigenvalue weighted by Crippen LogP contribution is -2.40. The predicted molar refractivity (Wildman–Crippen MR) is 81.4 cm³/mol. The Morgan fingerprint density at radius 1 is 1.18 bits per heavy atom. The van der Waals surface area contributed by atoms with E-state index in [1.807, 2.05) is 30.3 Å². The van der Waals surface area contributed by atoms with Crippen LogP contribution in [0.4, 0.5) is 5.69 Å². The molecule has 0 bridgehead atoms. The highest BCUT2D eigenvalue weighted by Gasteiger charge is 2.26. The largest absolute Gasteiger partial charge is 0.482 e. The van der Waals surface area contributed by atoms with Gasteiger partial charge in [-0.25, -0.2) is 4.79 Å². The summed E-state index contributed by atoms with van der Waals surface area (Å²) in [5, 5.41) is 9.10. The molecule has 5 heteroatoms. The van der Waals surface area contributed by atoms with Crippen LogP contribution in [0.2, 0.25) is 0 Å². The number of ether oxygens (including phenoxy) is 1. The lowest BCUT2D eigenvalue weighted by atomic mass is 10.1. The Kier molecular flexibility index (Phi) is 3.78. The molecule has 1 N–H and O–H groups in total. The van der Waals surface area contributed by atoms with Crippen LogP contribution in [0.25, 0.3) is 0 Å². The fourth-order valence-electron chi connectivity index (χ4n) is 2.47. The topological polar surface area (TPSA) is 66.8 Å². The van der Waals surface area contributed by atoms with Crippen LogP contribution in [0.15, 0.2) is 48.5 Å². The zero-order valence-corrected chi connectivity index (χ0v) is 11.9. The summed E-state index contributed by atoms with van der Waals surface area (Å²) in [4.78, 5) is 24.8. The standard InChI is InChI=1S/C17H15NO4/c19-16-11-22-15-7-6-13(17(20)21)10-14(15)18(16)9-8-12-4-2-1-3-5-12/h1-7,10H,8-9,11H2,(H,20,21). The summed E-state index contributed by atoms with van der Waals surface area (Å²) in [5.74, 6) is -0.646. The quantitative estimate of drug-likeness (QED) is 0.940. The van der Waals surface area contributed by atoms with Gasteiger partial charge in [-0.2, -0.15) is 0 Å². The molecule has 1 amide bonds. The SMILES string of the molecule is O=C(O)c1ccc2c(c1)N(CCc1ccccc1)C(=O)CO2. The molecule has 2 aromatic rings. The first-order valence-corrected chi connectivity index (χ1v) is 6.99. The van der Waals surface area contributed by atoms with Gasteiger partial charge in [-0.1, -0.05) is 30.3 Å². The number of amides is 1. The molecular weight excluding hydrogens is 282 g/mol. The number of nitrogens with zero attached hydrogens (tertiary/aromatic N) is 1. The van der Waals surface area contributed by atoms with Gasteiger partial charge in [-0.05, 0) is 30.2 Å². The van der Waals surface area contributed by atoms with Gasteiger partial charge in [0, 0.05) is 6.54 Å². The van der Waals surface area contributed by atoms with Crippen LogP contribution in [0.3, 0.4) is 0 Å². The maximum atomic E-state index is 12.1. The first kappa shape index (κ1) is 14.1. The van der Waals surface area contributed by atoms with Gasteiger partial charge in [-0.15, -0.1) is 0 Å². The Balaban J connectivity index is 1.86. The molecule has 0 atom stereocenters. The first-order chi connectivity index (χ1) is 10.6. The van der Waals surface area contributed by atoms with E-state index in [2.05, 4.69) is 0 Å². The zero-order chi connectivity index (χ0) is 15.5. The summed E-state index contributed by atoms with van der Waals surface area (Å²) >= 11 is 0. The highest BCUT2D eigenvalue weighted by Crippen LogP contribution is 2.33. The van der Waals surface area contributed by atoms with Crippen molar-refractivity contribution in [1.82, 2.24) is 0 Å². The van der Waals surface area contributed by atoms with Crippen molar-refractivity contribution in [2.75, 3.05) is 18.1 Å². The molecule has 0 saturated heterocycles.